The standard InChI is InChI=1S/C24H28N4O4S.ClH/c25-20(15-17-10-11-18-6-1-2-7-19(18)14-17)24(30)27-21-8-5-13-28(16-22(21)29)33(31,32)23-9-3-4-12-26-23;/h1-4,6-7,9-12,14,20-22,29H,5,8,13,15-16,25H2,(H,27,30);1H/t20-,21?,22?;/m0./s1. The Morgan fingerprint density at radius 3 is 2.62 bits per heavy atom. The number of aliphatic hydroxyl groups excluding tert-OH is 1. The molecular formula is C24H29ClN4O4S. The van der Waals surface area contributed by atoms with Crippen LogP contribution >= 0.6 is 12.4 Å². The van der Waals surface area contributed by atoms with Crippen LogP contribution in [0.4, 0.5) is 0 Å². The number of benzene rings is 2. The molecule has 8 nitrogen and oxygen atoms in total. The largest absolute Gasteiger partial charge is 0.390 e. The average molecular weight is 505 g/mol. The Morgan fingerprint density at radius 1 is 1.15 bits per heavy atom. The highest BCUT2D eigenvalue weighted by atomic mass is 35.5. The molecule has 2 heterocycles. The van der Waals surface area contributed by atoms with E-state index in [1.165, 1.54) is 16.6 Å². The lowest BCUT2D eigenvalue weighted by Gasteiger charge is -2.25. The zero-order chi connectivity index (χ0) is 23.4. The summed E-state index contributed by atoms with van der Waals surface area (Å²) in [5, 5.41) is 15.7. The van der Waals surface area contributed by atoms with Crippen molar-refractivity contribution in [1.82, 2.24) is 14.6 Å². The van der Waals surface area contributed by atoms with Crippen molar-refractivity contribution in [2.24, 2.45) is 5.73 Å². The highest BCUT2D eigenvalue weighted by Gasteiger charge is 2.34. The molecule has 1 saturated heterocycles. The van der Waals surface area contributed by atoms with Crippen molar-refractivity contribution in [3.8, 4) is 0 Å². The molecule has 0 bridgehead atoms. The molecule has 4 N–H and O–H groups in total. The number of aromatic nitrogens is 1. The van der Waals surface area contributed by atoms with E-state index in [0.29, 0.717) is 19.3 Å². The molecule has 1 fully saturated rings. The SMILES string of the molecule is Cl.N[C@@H](Cc1ccc2ccccc2c1)C(=O)NC1CCCN(S(=O)(=O)c2ccccn2)CC1O. The first-order valence-corrected chi connectivity index (χ1v) is 12.4. The number of carbonyl (C=O) groups excluding carboxylic acids is 1. The predicted octanol–water partition coefficient (Wildman–Crippen LogP) is 1.86. The maximum Gasteiger partial charge on any atom is 0.260 e. The van der Waals surface area contributed by atoms with E-state index in [1.807, 2.05) is 42.5 Å². The number of amides is 1. The normalized spacial score (nSPS) is 20.2. The number of hydrogen-bond acceptors (Lipinski definition) is 6. The fourth-order valence-electron chi connectivity index (χ4n) is 4.13. The van der Waals surface area contributed by atoms with E-state index >= 15 is 0 Å². The van der Waals surface area contributed by atoms with Crippen LogP contribution in [-0.2, 0) is 21.2 Å². The quantitative estimate of drug-likeness (QED) is 0.470. The van der Waals surface area contributed by atoms with Crippen molar-refractivity contribution in [3.05, 3.63) is 72.4 Å². The summed E-state index contributed by atoms with van der Waals surface area (Å²) < 4.78 is 27.0. The number of nitrogens with two attached hydrogens (primary N) is 1. The number of nitrogens with zero attached hydrogens (tertiary/aromatic N) is 2. The number of carbonyl (C=O) groups is 1. The van der Waals surface area contributed by atoms with Gasteiger partial charge in [-0.3, -0.25) is 4.79 Å². The van der Waals surface area contributed by atoms with Gasteiger partial charge in [0.25, 0.3) is 10.0 Å². The van der Waals surface area contributed by atoms with Gasteiger partial charge in [-0.05, 0) is 47.7 Å². The summed E-state index contributed by atoms with van der Waals surface area (Å²) in [7, 11) is -3.82. The Hall–Kier alpha value is -2.56. The summed E-state index contributed by atoms with van der Waals surface area (Å²) >= 11 is 0. The lowest BCUT2D eigenvalue weighted by molar-refractivity contribution is -0.123. The molecule has 1 aromatic heterocycles. The van der Waals surface area contributed by atoms with Gasteiger partial charge in [-0.1, -0.05) is 48.5 Å². The van der Waals surface area contributed by atoms with Gasteiger partial charge in [0.2, 0.25) is 5.91 Å². The smallest absolute Gasteiger partial charge is 0.260 e. The lowest BCUT2D eigenvalue weighted by atomic mass is 10.0. The van der Waals surface area contributed by atoms with E-state index in [9.17, 15) is 18.3 Å². The van der Waals surface area contributed by atoms with Crippen LogP contribution in [-0.4, -0.2) is 60.0 Å². The fraction of sp³-hybridized carbons (Fsp3) is 0.333. The predicted molar refractivity (Wildman–Crippen MR) is 133 cm³/mol. The number of sulfonamides is 1. The van der Waals surface area contributed by atoms with Gasteiger partial charge < -0.3 is 16.2 Å². The van der Waals surface area contributed by atoms with Crippen molar-refractivity contribution < 1.29 is 18.3 Å². The minimum absolute atomic E-state index is 0. The van der Waals surface area contributed by atoms with Crippen LogP contribution in [0.1, 0.15) is 18.4 Å². The van der Waals surface area contributed by atoms with Crippen molar-refractivity contribution in [2.45, 2.75) is 42.5 Å². The van der Waals surface area contributed by atoms with Crippen molar-refractivity contribution in [2.75, 3.05) is 13.1 Å². The molecule has 0 aliphatic carbocycles. The Bertz CT molecular complexity index is 1230. The van der Waals surface area contributed by atoms with Gasteiger partial charge in [-0.15, -0.1) is 12.4 Å². The minimum atomic E-state index is -3.82. The van der Waals surface area contributed by atoms with Crippen LogP contribution in [0, 0.1) is 0 Å². The summed E-state index contributed by atoms with van der Waals surface area (Å²) in [4.78, 5) is 16.7. The van der Waals surface area contributed by atoms with Crippen molar-refractivity contribution in [1.29, 1.82) is 0 Å². The number of nitrogens with one attached hydrogen (secondary N) is 1. The monoisotopic (exact) mass is 504 g/mol. The molecule has 3 aromatic rings. The second kappa shape index (κ2) is 11.2. The number of pyridine rings is 1. The van der Waals surface area contributed by atoms with E-state index < -0.39 is 28.2 Å². The molecule has 182 valence electrons. The van der Waals surface area contributed by atoms with E-state index in [2.05, 4.69) is 10.3 Å². The van der Waals surface area contributed by atoms with Crippen LogP contribution < -0.4 is 11.1 Å². The summed E-state index contributed by atoms with van der Waals surface area (Å²) in [5.41, 5.74) is 7.11. The van der Waals surface area contributed by atoms with Crippen molar-refractivity contribution >= 4 is 39.1 Å². The van der Waals surface area contributed by atoms with Gasteiger partial charge in [-0.2, -0.15) is 4.31 Å². The van der Waals surface area contributed by atoms with Gasteiger partial charge in [0.05, 0.1) is 18.2 Å². The van der Waals surface area contributed by atoms with Crippen LogP contribution in [0.5, 0.6) is 0 Å². The van der Waals surface area contributed by atoms with Crippen LogP contribution in [0.25, 0.3) is 10.8 Å². The number of halogens is 1. The Kier molecular flexibility index (Phi) is 8.62. The number of hydrogen-bond donors (Lipinski definition) is 3. The first kappa shape index (κ1) is 26.1. The lowest BCUT2D eigenvalue weighted by Crippen LogP contribution is -2.52. The summed E-state index contributed by atoms with van der Waals surface area (Å²) in [5.74, 6) is -0.367. The molecule has 10 heteroatoms. The van der Waals surface area contributed by atoms with Gasteiger partial charge in [0.15, 0.2) is 5.03 Å². The van der Waals surface area contributed by atoms with E-state index in [1.54, 1.807) is 12.1 Å². The van der Waals surface area contributed by atoms with Gasteiger partial charge >= 0.3 is 0 Å². The number of rotatable bonds is 6. The average Bonchev–Trinajstić information content (AvgIpc) is 3.01. The molecule has 0 spiro atoms. The fourth-order valence-corrected chi connectivity index (χ4v) is 5.56. The van der Waals surface area contributed by atoms with Gasteiger partial charge in [0.1, 0.15) is 0 Å². The highest BCUT2D eigenvalue weighted by Crippen LogP contribution is 2.20. The molecule has 1 aliphatic heterocycles. The van der Waals surface area contributed by atoms with E-state index in [0.717, 1.165) is 16.3 Å². The Morgan fingerprint density at radius 2 is 1.88 bits per heavy atom. The summed E-state index contributed by atoms with van der Waals surface area (Å²) in [6.45, 7) is 0.120. The third-order valence-corrected chi connectivity index (χ3v) is 7.74. The second-order valence-corrected chi connectivity index (χ2v) is 10.2. The van der Waals surface area contributed by atoms with E-state index in [-0.39, 0.29) is 36.4 Å². The molecule has 2 aromatic carbocycles. The molecule has 34 heavy (non-hydrogen) atoms. The first-order valence-electron chi connectivity index (χ1n) is 11.0. The van der Waals surface area contributed by atoms with Crippen molar-refractivity contribution in [3.63, 3.8) is 0 Å². The number of aliphatic hydroxyl groups is 1. The molecule has 4 rings (SSSR count). The molecule has 3 atom stereocenters. The topological polar surface area (TPSA) is 126 Å². The molecular weight excluding hydrogens is 476 g/mol. The molecule has 1 amide bonds. The van der Waals surface area contributed by atoms with Crippen LogP contribution in [0.15, 0.2) is 71.9 Å². The third-order valence-electron chi connectivity index (χ3n) is 5.95. The molecule has 1 aliphatic rings. The Labute approximate surface area is 205 Å². The second-order valence-electron chi connectivity index (χ2n) is 8.35. The zero-order valence-corrected chi connectivity index (χ0v) is 20.2. The van der Waals surface area contributed by atoms with Crippen LogP contribution in [0.3, 0.4) is 0 Å². The van der Waals surface area contributed by atoms with Crippen LogP contribution in [0.2, 0.25) is 0 Å². The number of β-amino-alcohol motifs (C(OH)–C–C–N with tert-alkyl or cyclic N) is 1. The third kappa shape index (κ3) is 5.92. The maximum atomic E-state index is 12.9. The zero-order valence-electron chi connectivity index (χ0n) is 18.6. The first-order chi connectivity index (χ1) is 15.8. The molecule has 0 saturated carbocycles. The highest BCUT2D eigenvalue weighted by molar-refractivity contribution is 7.89. The minimum Gasteiger partial charge on any atom is -0.390 e. The summed E-state index contributed by atoms with van der Waals surface area (Å²) in [6.07, 6.45) is 1.67. The summed E-state index contributed by atoms with van der Waals surface area (Å²) in [6, 6.07) is 17.3. The van der Waals surface area contributed by atoms with Gasteiger partial charge in [-0.25, -0.2) is 13.4 Å². The Balaban J connectivity index is 0.00000324. The molecule has 2 unspecified atom stereocenters. The maximum absolute atomic E-state index is 12.9. The van der Waals surface area contributed by atoms with E-state index in [4.69, 9.17) is 5.73 Å². The number of fused-ring (bicyclic) bond motifs is 1. The van der Waals surface area contributed by atoms with Gasteiger partial charge in [0, 0.05) is 19.3 Å². The molecule has 0 radical (unpaired) electrons.